The third kappa shape index (κ3) is 4.92. The summed E-state index contributed by atoms with van der Waals surface area (Å²) < 4.78 is 0. The average molecular weight is 603 g/mol. The second-order valence-electron chi connectivity index (χ2n) is 11.3. The van der Waals surface area contributed by atoms with Gasteiger partial charge in [-0.25, -0.2) is 0 Å². The maximum atomic E-state index is 2.49. The molecule has 0 nitrogen and oxygen atoms in total. The lowest BCUT2D eigenvalue weighted by Gasteiger charge is -2.20. The zero-order valence-corrected chi connectivity index (χ0v) is 26.4. The number of hydrogen-bond acceptors (Lipinski definition) is 2. The fraction of sp³-hybridized carbons (Fsp3) is 0.100. The summed E-state index contributed by atoms with van der Waals surface area (Å²) in [5.74, 6) is 0.864. The van der Waals surface area contributed by atoms with Crippen molar-refractivity contribution in [2.24, 2.45) is 0 Å². The van der Waals surface area contributed by atoms with Crippen LogP contribution in [0.1, 0.15) is 43.8 Å². The van der Waals surface area contributed by atoms with Gasteiger partial charge in [0, 0.05) is 31.1 Å². The number of rotatable bonds is 8. The molecular weight excluding hydrogens is 573 g/mol. The fourth-order valence-electron chi connectivity index (χ4n) is 6.87. The predicted molar refractivity (Wildman–Crippen MR) is 189 cm³/mol. The molecule has 0 aliphatic heterocycles. The molecule has 6 aromatic rings. The van der Waals surface area contributed by atoms with Crippen molar-refractivity contribution in [3.63, 3.8) is 0 Å². The molecule has 4 aromatic carbocycles. The highest BCUT2D eigenvalue weighted by Crippen LogP contribution is 2.51. The number of benzene rings is 4. The minimum Gasteiger partial charge on any atom is -0.144 e. The molecule has 0 bridgehead atoms. The molecule has 0 saturated heterocycles. The highest BCUT2D eigenvalue weighted by Gasteiger charge is 2.31. The summed E-state index contributed by atoms with van der Waals surface area (Å²) in [6, 6.07) is 47.0. The summed E-state index contributed by atoms with van der Waals surface area (Å²) in [7, 11) is 0.859. The molecule has 0 saturated carbocycles. The van der Waals surface area contributed by atoms with Crippen LogP contribution in [0, 0.1) is 0 Å². The lowest BCUT2D eigenvalue weighted by molar-refractivity contribution is 0.957. The summed E-state index contributed by atoms with van der Waals surface area (Å²) >= 11 is 3.74. The van der Waals surface area contributed by atoms with Crippen molar-refractivity contribution in [2.75, 3.05) is 0 Å². The molecule has 2 aliphatic rings. The molecule has 2 unspecified atom stereocenters. The molecular formula is C40H30S2Si. The van der Waals surface area contributed by atoms with Gasteiger partial charge in [0.2, 0.25) is 0 Å². The number of hydrogen-bond donors (Lipinski definition) is 0. The Kier molecular flexibility index (Phi) is 7.16. The van der Waals surface area contributed by atoms with E-state index in [1.807, 2.05) is 22.7 Å². The van der Waals surface area contributed by atoms with Crippen molar-refractivity contribution in [1.29, 1.82) is 0 Å². The van der Waals surface area contributed by atoms with E-state index >= 15 is 0 Å². The third-order valence-corrected chi connectivity index (χ3v) is 12.1. The first-order valence-corrected chi connectivity index (χ1v) is 18.1. The first kappa shape index (κ1) is 26.6. The Morgan fingerprint density at radius 1 is 0.465 bits per heavy atom. The van der Waals surface area contributed by atoms with Gasteiger partial charge >= 0.3 is 0 Å². The zero-order valence-electron chi connectivity index (χ0n) is 23.7. The lowest BCUT2D eigenvalue weighted by atomic mass is 9.93. The first-order valence-electron chi connectivity index (χ1n) is 14.9. The van der Waals surface area contributed by atoms with Gasteiger partial charge in [-0.15, -0.1) is 22.7 Å². The molecule has 8 rings (SSSR count). The van der Waals surface area contributed by atoms with Crippen LogP contribution in [0.3, 0.4) is 0 Å². The Morgan fingerprint density at radius 2 is 0.930 bits per heavy atom. The van der Waals surface area contributed by atoms with Crippen LogP contribution < -0.4 is 0 Å². The molecule has 2 atom stereocenters. The van der Waals surface area contributed by atoms with Crippen molar-refractivity contribution >= 4 is 55.5 Å². The largest absolute Gasteiger partial charge is 0.144 e. The minimum atomic E-state index is 0.432. The van der Waals surface area contributed by atoms with Crippen molar-refractivity contribution in [2.45, 2.75) is 23.9 Å². The molecule has 206 valence electrons. The third-order valence-electron chi connectivity index (χ3n) is 8.86. The van der Waals surface area contributed by atoms with Crippen molar-refractivity contribution < 1.29 is 0 Å². The predicted octanol–water partition coefficient (Wildman–Crippen LogP) is 11.7. The molecule has 2 aliphatic carbocycles. The summed E-state index contributed by atoms with van der Waals surface area (Å²) in [6.07, 6.45) is 4.99. The van der Waals surface area contributed by atoms with Gasteiger partial charge in [0.15, 0.2) is 0 Å². The van der Waals surface area contributed by atoms with Crippen LogP contribution in [0.25, 0.3) is 45.6 Å². The smallest absolute Gasteiger partial charge is 0.0397 e. The molecule has 2 aromatic heterocycles. The van der Waals surface area contributed by atoms with Crippen molar-refractivity contribution in [1.82, 2.24) is 0 Å². The van der Waals surface area contributed by atoms with E-state index in [-0.39, 0.29) is 0 Å². The van der Waals surface area contributed by atoms with E-state index in [1.54, 1.807) is 0 Å². The Morgan fingerprint density at radius 3 is 1.35 bits per heavy atom. The quantitative estimate of drug-likeness (QED) is 0.152. The molecule has 0 N–H and O–H groups in total. The first-order chi connectivity index (χ1) is 21.3. The van der Waals surface area contributed by atoms with Gasteiger partial charge in [0.25, 0.3) is 0 Å². The summed E-state index contributed by atoms with van der Waals surface area (Å²) in [5, 5.41) is 4.43. The van der Waals surface area contributed by atoms with Crippen molar-refractivity contribution in [3.05, 3.63) is 164 Å². The average Bonchev–Trinajstić information content (AvgIpc) is 3.88. The molecule has 2 heterocycles. The van der Waals surface area contributed by atoms with Crippen LogP contribution in [-0.2, 0) is 0 Å². The Hall–Kier alpha value is -4.02. The SMILES string of the molecule is C1=C(c2cccs2)C(C[Si]CC2C(c3cccs3)=Cc3c(-c4ccccc4)cccc32)c2cccc(-c3ccccc3)c21. The summed E-state index contributed by atoms with van der Waals surface area (Å²) in [6.45, 7) is 0. The second kappa shape index (κ2) is 11.6. The second-order valence-corrected chi connectivity index (χ2v) is 14.5. The van der Waals surface area contributed by atoms with Crippen LogP contribution in [-0.4, -0.2) is 9.52 Å². The zero-order chi connectivity index (χ0) is 28.6. The van der Waals surface area contributed by atoms with Gasteiger partial charge in [-0.1, -0.05) is 121 Å². The Labute approximate surface area is 264 Å². The maximum absolute atomic E-state index is 2.49. The number of thiophene rings is 2. The van der Waals surface area contributed by atoms with Gasteiger partial charge in [-0.05, 0) is 90.7 Å². The minimum absolute atomic E-state index is 0.432. The highest BCUT2D eigenvalue weighted by molar-refractivity contribution is 7.11. The van der Waals surface area contributed by atoms with E-state index in [0.29, 0.717) is 11.8 Å². The summed E-state index contributed by atoms with van der Waals surface area (Å²) in [4.78, 5) is 2.81. The fourth-order valence-corrected chi connectivity index (χ4v) is 10.1. The normalized spacial score (nSPS) is 16.9. The van der Waals surface area contributed by atoms with E-state index in [9.17, 15) is 0 Å². The van der Waals surface area contributed by atoms with E-state index in [0.717, 1.165) is 9.52 Å². The molecule has 0 amide bonds. The molecule has 0 spiro atoms. The number of fused-ring (bicyclic) bond motifs is 2. The van der Waals surface area contributed by atoms with Gasteiger partial charge < -0.3 is 0 Å². The standard InChI is InChI=1S/C40H30S2Si/c1-3-11-27(12-4-1)29-15-7-17-31-33(29)23-35(39-19-9-21-41-39)37(31)25-43-26-38-32-18-8-16-30(28-13-5-2-6-14-28)34(32)24-36(38)40-20-10-22-42-40/h1-24,37-38H,25-26H2. The van der Waals surface area contributed by atoms with E-state index in [1.165, 1.54) is 77.5 Å². The monoisotopic (exact) mass is 602 g/mol. The Bertz CT molecular complexity index is 1790. The number of allylic oxidation sites excluding steroid dienone is 2. The van der Waals surface area contributed by atoms with Crippen LogP contribution in [0.5, 0.6) is 0 Å². The molecule has 2 radical (unpaired) electrons. The molecule has 43 heavy (non-hydrogen) atoms. The highest BCUT2D eigenvalue weighted by atomic mass is 32.1. The van der Waals surface area contributed by atoms with E-state index in [4.69, 9.17) is 0 Å². The maximum Gasteiger partial charge on any atom is 0.0397 e. The Balaban J connectivity index is 1.12. The van der Waals surface area contributed by atoms with Gasteiger partial charge in [0.05, 0.1) is 0 Å². The van der Waals surface area contributed by atoms with Gasteiger partial charge in [-0.2, -0.15) is 0 Å². The van der Waals surface area contributed by atoms with Crippen LogP contribution >= 0.6 is 22.7 Å². The van der Waals surface area contributed by atoms with Crippen molar-refractivity contribution in [3.8, 4) is 22.3 Å². The van der Waals surface area contributed by atoms with Crippen LogP contribution in [0.2, 0.25) is 12.1 Å². The van der Waals surface area contributed by atoms with Gasteiger partial charge in [-0.3, -0.25) is 0 Å². The lowest BCUT2D eigenvalue weighted by Crippen LogP contribution is -2.07. The van der Waals surface area contributed by atoms with Gasteiger partial charge in [0.1, 0.15) is 0 Å². The van der Waals surface area contributed by atoms with E-state index in [2.05, 4.69) is 144 Å². The van der Waals surface area contributed by atoms with Crippen LogP contribution in [0.4, 0.5) is 0 Å². The topological polar surface area (TPSA) is 0 Å². The summed E-state index contributed by atoms with van der Waals surface area (Å²) in [5.41, 5.74) is 14.1. The van der Waals surface area contributed by atoms with Crippen LogP contribution in [0.15, 0.2) is 132 Å². The molecule has 3 heteroatoms. The molecule has 0 fully saturated rings. The van der Waals surface area contributed by atoms with E-state index < -0.39 is 0 Å².